The molecule has 1 aliphatic rings. The van der Waals surface area contributed by atoms with Gasteiger partial charge in [0.1, 0.15) is 0 Å². The average molecular weight is 185 g/mol. The fraction of sp³-hybridized carbons (Fsp3) is 1.00. The first-order valence-electron chi connectivity index (χ1n) is 5.57. The van der Waals surface area contributed by atoms with Crippen LogP contribution in [0.15, 0.2) is 0 Å². The molecular formula is C11H23NO. The zero-order chi connectivity index (χ0) is 9.68. The second-order valence-corrected chi connectivity index (χ2v) is 4.65. The summed E-state index contributed by atoms with van der Waals surface area (Å²) in [6.07, 6.45) is 6.57. The van der Waals surface area contributed by atoms with Gasteiger partial charge in [0.05, 0.1) is 0 Å². The van der Waals surface area contributed by atoms with Crippen molar-refractivity contribution in [1.29, 1.82) is 0 Å². The number of rotatable bonds is 4. The topological polar surface area (TPSA) is 46.2 Å². The molecule has 0 bridgehead atoms. The summed E-state index contributed by atoms with van der Waals surface area (Å²) in [5.74, 6) is 2.09. The van der Waals surface area contributed by atoms with E-state index in [1.165, 1.54) is 25.7 Å². The second-order valence-electron chi connectivity index (χ2n) is 4.65. The van der Waals surface area contributed by atoms with Gasteiger partial charge < -0.3 is 10.8 Å². The van der Waals surface area contributed by atoms with E-state index in [4.69, 9.17) is 10.8 Å². The van der Waals surface area contributed by atoms with Crippen LogP contribution in [-0.4, -0.2) is 18.3 Å². The average Bonchev–Trinajstić information content (AvgIpc) is 2.17. The van der Waals surface area contributed by atoms with Crippen molar-refractivity contribution in [3.8, 4) is 0 Å². The van der Waals surface area contributed by atoms with Crippen LogP contribution in [0.4, 0.5) is 0 Å². The predicted molar refractivity (Wildman–Crippen MR) is 55.4 cm³/mol. The van der Waals surface area contributed by atoms with Crippen molar-refractivity contribution in [1.82, 2.24) is 0 Å². The normalized spacial score (nSPS) is 31.6. The van der Waals surface area contributed by atoms with Gasteiger partial charge in [0, 0.05) is 6.61 Å². The molecule has 0 amide bonds. The smallest absolute Gasteiger partial charge is 0.0471 e. The minimum Gasteiger partial charge on any atom is -0.396 e. The maximum atomic E-state index is 9.03. The highest BCUT2D eigenvalue weighted by molar-refractivity contribution is 4.73. The molecule has 1 atom stereocenters. The summed E-state index contributed by atoms with van der Waals surface area (Å²) in [6, 6.07) is 0. The van der Waals surface area contributed by atoms with Crippen molar-refractivity contribution in [2.75, 3.05) is 13.2 Å². The van der Waals surface area contributed by atoms with Crippen molar-refractivity contribution >= 4 is 0 Å². The minimum absolute atomic E-state index is 0.266. The fourth-order valence-corrected chi connectivity index (χ4v) is 2.28. The van der Waals surface area contributed by atoms with E-state index in [1.54, 1.807) is 0 Å². The van der Waals surface area contributed by atoms with Crippen LogP contribution < -0.4 is 5.73 Å². The molecule has 1 saturated carbocycles. The third-order valence-electron chi connectivity index (χ3n) is 3.39. The number of hydrogen-bond donors (Lipinski definition) is 2. The minimum atomic E-state index is 0.266. The van der Waals surface area contributed by atoms with Crippen LogP contribution in [0.2, 0.25) is 0 Å². The maximum absolute atomic E-state index is 9.03. The first-order valence-corrected chi connectivity index (χ1v) is 5.57. The Labute approximate surface area is 81.5 Å². The Kier molecular flexibility index (Phi) is 4.74. The molecule has 0 aromatic heterocycles. The Bertz CT molecular complexity index is 126. The molecular weight excluding hydrogens is 162 g/mol. The third kappa shape index (κ3) is 3.65. The lowest BCUT2D eigenvalue weighted by molar-refractivity contribution is 0.180. The van der Waals surface area contributed by atoms with Crippen molar-refractivity contribution in [2.45, 2.75) is 39.0 Å². The number of hydrogen-bond acceptors (Lipinski definition) is 2. The number of nitrogens with two attached hydrogens (primary N) is 1. The van der Waals surface area contributed by atoms with Gasteiger partial charge in [-0.15, -0.1) is 0 Å². The zero-order valence-corrected chi connectivity index (χ0v) is 8.71. The summed E-state index contributed by atoms with van der Waals surface area (Å²) in [7, 11) is 0. The van der Waals surface area contributed by atoms with Gasteiger partial charge in [0.2, 0.25) is 0 Å². The molecule has 0 heterocycles. The van der Waals surface area contributed by atoms with E-state index in [1.807, 2.05) is 0 Å². The fourth-order valence-electron chi connectivity index (χ4n) is 2.28. The molecule has 0 aromatic rings. The van der Waals surface area contributed by atoms with E-state index in [0.717, 1.165) is 18.3 Å². The molecule has 1 aliphatic carbocycles. The van der Waals surface area contributed by atoms with E-state index in [0.29, 0.717) is 12.5 Å². The SMILES string of the molecule is CC1CCC(CC(CN)CO)CC1. The largest absolute Gasteiger partial charge is 0.396 e. The number of aliphatic hydroxyl groups is 1. The highest BCUT2D eigenvalue weighted by Crippen LogP contribution is 2.31. The molecule has 0 saturated heterocycles. The van der Waals surface area contributed by atoms with E-state index in [2.05, 4.69) is 6.92 Å². The van der Waals surface area contributed by atoms with Gasteiger partial charge in [0.25, 0.3) is 0 Å². The van der Waals surface area contributed by atoms with Crippen LogP contribution in [0.25, 0.3) is 0 Å². The van der Waals surface area contributed by atoms with Gasteiger partial charge in [0.15, 0.2) is 0 Å². The summed E-state index contributed by atoms with van der Waals surface area (Å²) >= 11 is 0. The Morgan fingerprint density at radius 3 is 2.38 bits per heavy atom. The molecule has 1 unspecified atom stereocenters. The van der Waals surface area contributed by atoms with Gasteiger partial charge in [-0.25, -0.2) is 0 Å². The number of aliphatic hydroxyl groups excluding tert-OH is 1. The van der Waals surface area contributed by atoms with E-state index in [-0.39, 0.29) is 6.61 Å². The van der Waals surface area contributed by atoms with Gasteiger partial charge in [-0.05, 0) is 30.7 Å². The van der Waals surface area contributed by atoms with Gasteiger partial charge in [-0.2, -0.15) is 0 Å². The molecule has 13 heavy (non-hydrogen) atoms. The summed E-state index contributed by atoms with van der Waals surface area (Å²) < 4.78 is 0. The molecule has 1 fully saturated rings. The zero-order valence-electron chi connectivity index (χ0n) is 8.71. The van der Waals surface area contributed by atoms with E-state index in [9.17, 15) is 0 Å². The molecule has 78 valence electrons. The lowest BCUT2D eigenvalue weighted by Crippen LogP contribution is -2.23. The Balaban J connectivity index is 2.21. The Morgan fingerprint density at radius 1 is 1.31 bits per heavy atom. The van der Waals surface area contributed by atoms with Crippen molar-refractivity contribution in [3.63, 3.8) is 0 Å². The third-order valence-corrected chi connectivity index (χ3v) is 3.39. The van der Waals surface area contributed by atoms with Crippen molar-refractivity contribution < 1.29 is 5.11 Å². The Morgan fingerprint density at radius 2 is 1.92 bits per heavy atom. The van der Waals surface area contributed by atoms with Gasteiger partial charge in [-0.1, -0.05) is 32.6 Å². The molecule has 2 nitrogen and oxygen atoms in total. The summed E-state index contributed by atoms with van der Waals surface area (Å²) in [5.41, 5.74) is 5.57. The lowest BCUT2D eigenvalue weighted by Gasteiger charge is -2.28. The van der Waals surface area contributed by atoms with Crippen molar-refractivity contribution in [3.05, 3.63) is 0 Å². The van der Waals surface area contributed by atoms with Crippen LogP contribution in [-0.2, 0) is 0 Å². The summed E-state index contributed by atoms with van der Waals surface area (Å²) in [4.78, 5) is 0. The van der Waals surface area contributed by atoms with Crippen LogP contribution in [0.5, 0.6) is 0 Å². The standard InChI is InChI=1S/C11H23NO/c1-9-2-4-10(5-3-9)6-11(7-12)8-13/h9-11,13H,2-8,12H2,1H3. The predicted octanol–water partition coefficient (Wildman–Crippen LogP) is 1.77. The highest BCUT2D eigenvalue weighted by Gasteiger charge is 2.20. The molecule has 2 heteroatoms. The molecule has 0 spiro atoms. The van der Waals surface area contributed by atoms with Crippen LogP contribution in [0.1, 0.15) is 39.0 Å². The first kappa shape index (κ1) is 11.0. The molecule has 3 N–H and O–H groups in total. The Hall–Kier alpha value is -0.0800. The first-order chi connectivity index (χ1) is 6.26. The quantitative estimate of drug-likeness (QED) is 0.701. The second kappa shape index (κ2) is 5.61. The van der Waals surface area contributed by atoms with Crippen LogP contribution >= 0.6 is 0 Å². The maximum Gasteiger partial charge on any atom is 0.0471 e. The molecule has 1 rings (SSSR count). The highest BCUT2D eigenvalue weighted by atomic mass is 16.3. The molecule has 0 aliphatic heterocycles. The van der Waals surface area contributed by atoms with Crippen LogP contribution in [0, 0.1) is 17.8 Å². The molecule has 0 radical (unpaired) electrons. The van der Waals surface area contributed by atoms with Crippen molar-refractivity contribution in [2.24, 2.45) is 23.5 Å². The lowest BCUT2D eigenvalue weighted by atomic mass is 9.79. The molecule has 0 aromatic carbocycles. The van der Waals surface area contributed by atoms with E-state index >= 15 is 0 Å². The summed E-state index contributed by atoms with van der Waals surface area (Å²) in [6.45, 7) is 3.24. The monoisotopic (exact) mass is 185 g/mol. The van der Waals surface area contributed by atoms with Gasteiger partial charge in [-0.3, -0.25) is 0 Å². The van der Waals surface area contributed by atoms with Gasteiger partial charge >= 0.3 is 0 Å². The van der Waals surface area contributed by atoms with Crippen LogP contribution in [0.3, 0.4) is 0 Å². The summed E-state index contributed by atoms with van der Waals surface area (Å²) in [5, 5.41) is 9.03. The van der Waals surface area contributed by atoms with E-state index < -0.39 is 0 Å².